The van der Waals surface area contributed by atoms with Crippen molar-refractivity contribution in [3.63, 3.8) is 0 Å². The quantitative estimate of drug-likeness (QED) is 0.811. The lowest BCUT2D eigenvalue weighted by Crippen LogP contribution is -2.51. The Morgan fingerprint density at radius 2 is 1.92 bits per heavy atom. The summed E-state index contributed by atoms with van der Waals surface area (Å²) in [6, 6.07) is 2.28. The first-order valence-electron chi connectivity index (χ1n) is 8.08. The van der Waals surface area contributed by atoms with Crippen molar-refractivity contribution < 1.29 is 22.7 Å². The molecule has 1 fully saturated rings. The van der Waals surface area contributed by atoms with Crippen LogP contribution in [0.5, 0.6) is 0 Å². The number of pyridine rings is 1. The summed E-state index contributed by atoms with van der Waals surface area (Å²) < 4.78 is 44.4. The Hall–Kier alpha value is -2.03. The first-order valence-corrected chi connectivity index (χ1v) is 8.08. The monoisotopic (exact) mass is 360 g/mol. The predicted molar refractivity (Wildman–Crippen MR) is 87.0 cm³/mol. The van der Waals surface area contributed by atoms with Gasteiger partial charge in [0.1, 0.15) is 11.4 Å². The lowest BCUT2D eigenvalue weighted by molar-refractivity contribution is -0.137. The van der Waals surface area contributed by atoms with Crippen molar-refractivity contribution in [3.8, 4) is 0 Å². The number of amides is 1. The molecular weight excluding hydrogens is 337 g/mol. The molecule has 2 N–H and O–H groups in total. The van der Waals surface area contributed by atoms with Crippen LogP contribution in [-0.2, 0) is 10.9 Å². The Morgan fingerprint density at radius 1 is 1.28 bits per heavy atom. The molecule has 0 radical (unpaired) electrons. The number of anilines is 1. The maximum Gasteiger partial charge on any atom is 0.422 e. The second-order valence-corrected chi connectivity index (χ2v) is 6.90. The van der Waals surface area contributed by atoms with E-state index < -0.39 is 23.4 Å². The molecule has 1 aliphatic heterocycles. The number of halogens is 3. The summed E-state index contributed by atoms with van der Waals surface area (Å²) in [5.74, 6) is -0.0476. The van der Waals surface area contributed by atoms with Crippen LogP contribution < -0.4 is 15.8 Å². The van der Waals surface area contributed by atoms with Gasteiger partial charge >= 0.3 is 12.3 Å². The Bertz CT molecular complexity index is 594. The zero-order chi connectivity index (χ0) is 18.7. The smallest absolute Gasteiger partial charge is 0.422 e. The van der Waals surface area contributed by atoms with Gasteiger partial charge in [-0.1, -0.05) is 0 Å². The van der Waals surface area contributed by atoms with Crippen molar-refractivity contribution in [1.82, 2.24) is 15.8 Å². The van der Waals surface area contributed by atoms with Gasteiger partial charge in [-0.2, -0.15) is 13.2 Å². The van der Waals surface area contributed by atoms with Crippen molar-refractivity contribution in [3.05, 3.63) is 23.9 Å². The van der Waals surface area contributed by atoms with Crippen LogP contribution in [0.1, 0.15) is 39.2 Å². The van der Waals surface area contributed by atoms with E-state index in [9.17, 15) is 18.0 Å². The van der Waals surface area contributed by atoms with Crippen molar-refractivity contribution in [2.75, 3.05) is 18.0 Å². The van der Waals surface area contributed by atoms with E-state index in [1.807, 2.05) is 0 Å². The van der Waals surface area contributed by atoms with Crippen LogP contribution in [0.3, 0.4) is 0 Å². The van der Waals surface area contributed by atoms with E-state index in [-0.39, 0.29) is 11.9 Å². The van der Waals surface area contributed by atoms with E-state index in [0.29, 0.717) is 25.9 Å². The minimum Gasteiger partial charge on any atom is -0.443 e. The summed E-state index contributed by atoms with van der Waals surface area (Å²) in [6.45, 7) is 6.10. The molecule has 0 aliphatic carbocycles. The fourth-order valence-electron chi connectivity index (χ4n) is 2.57. The minimum absolute atomic E-state index is 0.0400. The molecule has 0 unspecified atom stereocenters. The van der Waals surface area contributed by atoms with Gasteiger partial charge in [-0.05, 0) is 45.7 Å². The predicted octanol–water partition coefficient (Wildman–Crippen LogP) is 3.10. The highest BCUT2D eigenvalue weighted by Crippen LogP contribution is 2.35. The van der Waals surface area contributed by atoms with E-state index in [0.717, 1.165) is 6.07 Å². The van der Waals surface area contributed by atoms with Crippen LogP contribution in [0.2, 0.25) is 0 Å². The lowest BCUT2D eigenvalue weighted by atomic mass is 10.1. The van der Waals surface area contributed by atoms with Crippen LogP contribution in [0, 0.1) is 0 Å². The van der Waals surface area contributed by atoms with Gasteiger partial charge in [0.2, 0.25) is 0 Å². The number of hydrogen-bond donors (Lipinski definition) is 2. The van der Waals surface area contributed by atoms with Crippen LogP contribution in [0.15, 0.2) is 18.3 Å². The van der Waals surface area contributed by atoms with Crippen molar-refractivity contribution in [2.24, 2.45) is 0 Å². The molecule has 0 spiro atoms. The molecule has 140 valence electrons. The maximum absolute atomic E-state index is 13.1. The fourth-order valence-corrected chi connectivity index (χ4v) is 2.57. The third-order valence-electron chi connectivity index (χ3n) is 3.66. The average molecular weight is 360 g/mol. The summed E-state index contributed by atoms with van der Waals surface area (Å²) >= 11 is 0. The third-order valence-corrected chi connectivity index (χ3v) is 3.66. The van der Waals surface area contributed by atoms with Gasteiger partial charge in [0.15, 0.2) is 0 Å². The number of hydrazine groups is 1. The summed E-state index contributed by atoms with van der Waals surface area (Å²) in [6.07, 6.45) is -2.51. The molecule has 1 aromatic heterocycles. The fraction of sp³-hybridized carbons (Fsp3) is 0.625. The number of alkyl halides is 3. The second kappa shape index (κ2) is 7.47. The molecule has 1 amide bonds. The molecule has 1 saturated heterocycles. The van der Waals surface area contributed by atoms with Crippen LogP contribution in [0.4, 0.5) is 23.8 Å². The highest BCUT2D eigenvalue weighted by atomic mass is 19.4. The molecule has 25 heavy (non-hydrogen) atoms. The molecule has 0 aromatic carbocycles. The lowest BCUT2D eigenvalue weighted by Gasteiger charge is -2.34. The summed E-state index contributed by atoms with van der Waals surface area (Å²) in [5.41, 5.74) is 4.02. The molecule has 6 nitrogen and oxygen atoms in total. The third kappa shape index (κ3) is 5.77. The van der Waals surface area contributed by atoms with Crippen LogP contribution in [-0.4, -0.2) is 35.8 Å². The Kier molecular flexibility index (Phi) is 5.76. The van der Waals surface area contributed by atoms with Crippen molar-refractivity contribution in [1.29, 1.82) is 0 Å². The van der Waals surface area contributed by atoms with E-state index in [1.165, 1.54) is 12.3 Å². The molecule has 0 atom stereocenters. The van der Waals surface area contributed by atoms with Gasteiger partial charge in [0.05, 0.1) is 5.56 Å². The normalized spacial score (nSPS) is 16.6. The largest absolute Gasteiger partial charge is 0.443 e. The van der Waals surface area contributed by atoms with E-state index >= 15 is 0 Å². The Morgan fingerprint density at radius 3 is 2.48 bits per heavy atom. The topological polar surface area (TPSA) is 66.5 Å². The van der Waals surface area contributed by atoms with Crippen molar-refractivity contribution in [2.45, 2.75) is 51.4 Å². The van der Waals surface area contributed by atoms with E-state index in [1.54, 1.807) is 25.7 Å². The van der Waals surface area contributed by atoms with Gasteiger partial charge in [0.25, 0.3) is 0 Å². The summed E-state index contributed by atoms with van der Waals surface area (Å²) in [5, 5.41) is 0. The molecule has 1 aliphatic rings. The van der Waals surface area contributed by atoms with Gasteiger partial charge in [0, 0.05) is 25.3 Å². The molecule has 2 heterocycles. The first kappa shape index (κ1) is 19.3. The number of nitrogens with one attached hydrogen (secondary N) is 2. The van der Waals surface area contributed by atoms with E-state index in [2.05, 4.69) is 15.8 Å². The molecule has 9 heteroatoms. The number of piperidine rings is 1. The Balaban J connectivity index is 1.88. The Labute approximate surface area is 144 Å². The SMILES string of the molecule is CC(C)(C)OC(=O)NNC1CCN(c2ncccc2C(F)(F)F)CC1. The number of carbonyl (C=O) groups excluding carboxylic acids is 1. The summed E-state index contributed by atoms with van der Waals surface area (Å²) in [4.78, 5) is 17.1. The van der Waals surface area contributed by atoms with Gasteiger partial charge < -0.3 is 9.64 Å². The van der Waals surface area contributed by atoms with Crippen LogP contribution in [0.25, 0.3) is 0 Å². The molecular formula is C16H23F3N4O2. The zero-order valence-corrected chi connectivity index (χ0v) is 14.5. The van der Waals surface area contributed by atoms with E-state index in [4.69, 9.17) is 4.74 Å². The van der Waals surface area contributed by atoms with Crippen molar-refractivity contribution >= 4 is 11.9 Å². The first-order chi connectivity index (χ1) is 11.6. The number of rotatable bonds is 3. The average Bonchev–Trinajstić information content (AvgIpc) is 2.51. The number of ether oxygens (including phenoxy) is 1. The molecule has 0 saturated carbocycles. The van der Waals surface area contributed by atoms with Gasteiger partial charge in [-0.3, -0.25) is 5.43 Å². The highest BCUT2D eigenvalue weighted by molar-refractivity contribution is 5.67. The minimum atomic E-state index is -4.43. The zero-order valence-electron chi connectivity index (χ0n) is 14.5. The summed E-state index contributed by atoms with van der Waals surface area (Å²) in [7, 11) is 0. The maximum atomic E-state index is 13.1. The standard InChI is InChI=1S/C16H23F3N4O2/c1-15(2,3)25-14(24)22-21-11-6-9-23(10-7-11)13-12(16(17,18)19)5-4-8-20-13/h4-5,8,11,21H,6-7,9-10H2,1-3H3,(H,22,24). The highest BCUT2D eigenvalue weighted by Gasteiger charge is 2.36. The molecule has 0 bridgehead atoms. The second-order valence-electron chi connectivity index (χ2n) is 6.90. The molecule has 2 rings (SSSR count). The molecule has 1 aromatic rings. The van der Waals surface area contributed by atoms with Crippen LogP contribution >= 0.6 is 0 Å². The number of nitrogens with zero attached hydrogens (tertiary/aromatic N) is 2. The van der Waals surface area contributed by atoms with Gasteiger partial charge in [-0.25, -0.2) is 15.2 Å². The number of carbonyl (C=O) groups is 1. The number of aromatic nitrogens is 1. The van der Waals surface area contributed by atoms with Gasteiger partial charge in [-0.15, -0.1) is 0 Å². The number of hydrogen-bond acceptors (Lipinski definition) is 5.